The van der Waals surface area contributed by atoms with Crippen LogP contribution < -0.4 is 5.32 Å². The Morgan fingerprint density at radius 2 is 2.10 bits per heavy atom. The molecule has 0 aliphatic rings. The number of aromatic nitrogens is 3. The zero-order valence-electron chi connectivity index (χ0n) is 11.5. The summed E-state index contributed by atoms with van der Waals surface area (Å²) in [5.41, 5.74) is 3.26. The van der Waals surface area contributed by atoms with Gasteiger partial charge in [-0.1, -0.05) is 35.7 Å². The summed E-state index contributed by atoms with van der Waals surface area (Å²) in [5, 5.41) is 8.75. The van der Waals surface area contributed by atoms with Gasteiger partial charge in [-0.25, -0.2) is 0 Å². The third-order valence-electron chi connectivity index (χ3n) is 3.45. The summed E-state index contributed by atoms with van der Waals surface area (Å²) in [5.74, 6) is 0. The first-order valence-corrected chi connectivity index (χ1v) is 7.44. The first-order chi connectivity index (χ1) is 9.85. The highest BCUT2D eigenvalue weighted by molar-refractivity contribution is 7.05. The van der Waals surface area contributed by atoms with Crippen LogP contribution in [0.15, 0.2) is 36.5 Å². The van der Waals surface area contributed by atoms with Gasteiger partial charge in [0, 0.05) is 17.1 Å². The molecule has 0 aliphatic heterocycles. The summed E-state index contributed by atoms with van der Waals surface area (Å²) in [6.45, 7) is 2.11. The van der Waals surface area contributed by atoms with E-state index in [-0.39, 0.29) is 6.04 Å². The van der Waals surface area contributed by atoms with Gasteiger partial charge in [0.2, 0.25) is 0 Å². The molecular formula is C15H16N4S. The molecule has 0 fully saturated rings. The molecule has 0 aliphatic carbocycles. The van der Waals surface area contributed by atoms with Gasteiger partial charge in [-0.15, -0.1) is 5.10 Å². The highest BCUT2D eigenvalue weighted by atomic mass is 32.1. The molecule has 0 saturated carbocycles. The molecule has 5 heteroatoms. The Hall–Kier alpha value is -1.85. The molecule has 102 valence electrons. The van der Waals surface area contributed by atoms with Gasteiger partial charge < -0.3 is 5.32 Å². The molecule has 1 N–H and O–H groups in total. The van der Waals surface area contributed by atoms with Gasteiger partial charge in [-0.2, -0.15) is 0 Å². The van der Waals surface area contributed by atoms with E-state index in [2.05, 4.69) is 51.1 Å². The Bertz CT molecular complexity index is 717. The zero-order valence-corrected chi connectivity index (χ0v) is 12.3. The Balaban J connectivity index is 2.17. The number of para-hydroxylation sites is 1. The van der Waals surface area contributed by atoms with Gasteiger partial charge in [0.1, 0.15) is 0 Å². The molecule has 1 unspecified atom stereocenters. The third-order valence-corrected chi connectivity index (χ3v) is 4.28. The smallest absolute Gasteiger partial charge is 0.0804 e. The monoisotopic (exact) mass is 284 g/mol. The summed E-state index contributed by atoms with van der Waals surface area (Å²) in [7, 11) is 1.96. The van der Waals surface area contributed by atoms with E-state index in [0.29, 0.717) is 0 Å². The topological polar surface area (TPSA) is 50.7 Å². The quantitative estimate of drug-likeness (QED) is 0.800. The Morgan fingerprint density at radius 1 is 1.25 bits per heavy atom. The van der Waals surface area contributed by atoms with Crippen LogP contribution in [0.1, 0.15) is 29.1 Å². The van der Waals surface area contributed by atoms with Crippen molar-refractivity contribution < 1.29 is 0 Å². The number of hydrogen-bond acceptors (Lipinski definition) is 5. The van der Waals surface area contributed by atoms with Crippen molar-refractivity contribution in [2.75, 3.05) is 7.05 Å². The fraction of sp³-hybridized carbons (Fsp3) is 0.267. The first-order valence-electron chi connectivity index (χ1n) is 6.67. The van der Waals surface area contributed by atoms with Crippen molar-refractivity contribution in [3.05, 3.63) is 52.7 Å². The van der Waals surface area contributed by atoms with Crippen molar-refractivity contribution in [3.63, 3.8) is 0 Å². The normalized spacial score (nSPS) is 12.7. The summed E-state index contributed by atoms with van der Waals surface area (Å²) < 4.78 is 4.10. The van der Waals surface area contributed by atoms with Gasteiger partial charge in [0.15, 0.2) is 0 Å². The van der Waals surface area contributed by atoms with Gasteiger partial charge >= 0.3 is 0 Å². The lowest BCUT2D eigenvalue weighted by Crippen LogP contribution is -2.18. The molecule has 1 aromatic carbocycles. The van der Waals surface area contributed by atoms with E-state index in [4.69, 9.17) is 0 Å². The van der Waals surface area contributed by atoms with E-state index in [1.807, 2.05) is 19.3 Å². The van der Waals surface area contributed by atoms with E-state index in [9.17, 15) is 0 Å². The molecule has 2 aromatic heterocycles. The maximum absolute atomic E-state index is 4.54. The molecule has 1 atom stereocenters. The van der Waals surface area contributed by atoms with Crippen molar-refractivity contribution in [1.82, 2.24) is 19.9 Å². The van der Waals surface area contributed by atoms with Crippen molar-refractivity contribution in [2.45, 2.75) is 19.4 Å². The minimum atomic E-state index is 0.0866. The average molecular weight is 284 g/mol. The van der Waals surface area contributed by atoms with Crippen LogP contribution in [0, 0.1) is 0 Å². The third kappa shape index (κ3) is 2.19. The molecule has 4 nitrogen and oxygen atoms in total. The molecule has 3 rings (SSSR count). The first kappa shape index (κ1) is 13.1. The lowest BCUT2D eigenvalue weighted by Gasteiger charge is -2.17. The number of nitrogens with one attached hydrogen (secondary N) is 1. The van der Waals surface area contributed by atoms with E-state index in [1.165, 1.54) is 22.0 Å². The van der Waals surface area contributed by atoms with Crippen molar-refractivity contribution in [3.8, 4) is 0 Å². The summed E-state index contributed by atoms with van der Waals surface area (Å²) in [6.07, 6.45) is 2.73. The number of nitrogens with zero attached hydrogens (tertiary/aromatic N) is 3. The number of benzene rings is 1. The SMILES string of the molecule is CCc1nnsc1C(NC)c1cccc2cccnc12. The lowest BCUT2D eigenvalue weighted by molar-refractivity contribution is 0.696. The van der Waals surface area contributed by atoms with Crippen molar-refractivity contribution >= 4 is 22.4 Å². The second-order valence-electron chi connectivity index (χ2n) is 4.58. The highest BCUT2D eigenvalue weighted by Gasteiger charge is 2.21. The van der Waals surface area contributed by atoms with E-state index >= 15 is 0 Å². The van der Waals surface area contributed by atoms with Gasteiger partial charge in [-0.05, 0) is 31.1 Å². The maximum atomic E-state index is 4.54. The predicted octanol–water partition coefficient (Wildman–Crippen LogP) is 2.96. The van der Waals surface area contributed by atoms with Gasteiger partial charge in [0.25, 0.3) is 0 Å². The molecule has 3 aromatic rings. The number of fused-ring (bicyclic) bond motifs is 1. The second kappa shape index (κ2) is 5.64. The standard InChI is InChI=1S/C15H16N4S/c1-3-12-15(20-19-18-12)14(16-2)11-8-4-6-10-7-5-9-17-13(10)11/h4-9,14,16H,3H2,1-2H3. The number of aryl methyl sites for hydroxylation is 1. The van der Waals surface area contributed by atoms with Crippen LogP contribution >= 0.6 is 11.5 Å². The van der Waals surface area contributed by atoms with Crippen LogP contribution in [-0.4, -0.2) is 21.6 Å². The number of rotatable bonds is 4. The van der Waals surface area contributed by atoms with Crippen LogP contribution in [0.4, 0.5) is 0 Å². The minimum absolute atomic E-state index is 0.0866. The Morgan fingerprint density at radius 3 is 2.90 bits per heavy atom. The molecular weight excluding hydrogens is 268 g/mol. The zero-order chi connectivity index (χ0) is 13.9. The highest BCUT2D eigenvalue weighted by Crippen LogP contribution is 2.30. The van der Waals surface area contributed by atoms with Crippen molar-refractivity contribution in [2.24, 2.45) is 0 Å². The van der Waals surface area contributed by atoms with E-state index < -0.39 is 0 Å². The largest absolute Gasteiger partial charge is 0.308 e. The van der Waals surface area contributed by atoms with Crippen molar-refractivity contribution in [1.29, 1.82) is 0 Å². The van der Waals surface area contributed by atoms with Crippen LogP contribution in [0.5, 0.6) is 0 Å². The van der Waals surface area contributed by atoms with Crippen LogP contribution in [0.3, 0.4) is 0 Å². The molecule has 0 saturated heterocycles. The second-order valence-corrected chi connectivity index (χ2v) is 5.37. The van der Waals surface area contributed by atoms with E-state index in [1.54, 1.807) is 0 Å². The van der Waals surface area contributed by atoms with Crippen LogP contribution in [0.25, 0.3) is 10.9 Å². The fourth-order valence-corrected chi connectivity index (χ4v) is 3.34. The molecule has 0 amide bonds. The van der Waals surface area contributed by atoms with E-state index in [0.717, 1.165) is 23.0 Å². The van der Waals surface area contributed by atoms with Crippen LogP contribution in [-0.2, 0) is 6.42 Å². The average Bonchev–Trinajstić information content (AvgIpc) is 2.97. The van der Waals surface area contributed by atoms with Crippen LogP contribution in [0.2, 0.25) is 0 Å². The Kier molecular flexibility index (Phi) is 3.71. The number of hydrogen-bond donors (Lipinski definition) is 1. The molecule has 20 heavy (non-hydrogen) atoms. The molecule has 0 radical (unpaired) electrons. The lowest BCUT2D eigenvalue weighted by atomic mass is 10.00. The molecule has 2 heterocycles. The minimum Gasteiger partial charge on any atom is -0.308 e. The number of pyridine rings is 1. The summed E-state index contributed by atoms with van der Waals surface area (Å²) in [6, 6.07) is 10.4. The predicted molar refractivity (Wildman–Crippen MR) is 81.9 cm³/mol. The molecule has 0 spiro atoms. The fourth-order valence-electron chi connectivity index (χ4n) is 2.47. The summed E-state index contributed by atoms with van der Waals surface area (Å²) in [4.78, 5) is 5.71. The van der Waals surface area contributed by atoms with Gasteiger partial charge in [-0.3, -0.25) is 4.98 Å². The van der Waals surface area contributed by atoms with Gasteiger partial charge in [0.05, 0.1) is 22.1 Å². The Labute approximate surface area is 122 Å². The summed E-state index contributed by atoms with van der Waals surface area (Å²) >= 11 is 1.46. The molecule has 0 bridgehead atoms. The maximum Gasteiger partial charge on any atom is 0.0804 e.